The van der Waals surface area contributed by atoms with Gasteiger partial charge < -0.3 is 6.53 Å². The molecule has 88 valence electrons. The molecule has 1 N–H and O–H groups in total. The fourth-order valence-electron chi connectivity index (χ4n) is 1.62. The number of aliphatic carboxylic acids is 1. The summed E-state index contributed by atoms with van der Waals surface area (Å²) in [5.74, 6) is -1.22. The van der Waals surface area contributed by atoms with Gasteiger partial charge in [-0.25, -0.2) is 4.79 Å². The topological polar surface area (TPSA) is 79.6 Å². The van der Waals surface area contributed by atoms with E-state index < -0.39 is 11.5 Å². The van der Waals surface area contributed by atoms with E-state index in [0.29, 0.717) is 0 Å². The standard InChI is InChI=1S/C11H14N2O3.Na.H/c1-8(2)7-11(13-16,10(14)15)9-5-3-4-6-12-9;;/h3-6,8H,7H2,1-2H3,(H,14,15);;/q;+1;-1. The van der Waals surface area contributed by atoms with Crippen LogP contribution in [-0.2, 0) is 10.3 Å². The first-order valence-corrected chi connectivity index (χ1v) is 5.02. The van der Waals surface area contributed by atoms with Crippen molar-refractivity contribution in [1.29, 1.82) is 0 Å². The molecular weight excluding hydrogens is 231 g/mol. The molecule has 0 radical (unpaired) electrons. The molecule has 1 aromatic rings. The van der Waals surface area contributed by atoms with E-state index in [9.17, 15) is 14.8 Å². The van der Waals surface area contributed by atoms with Crippen LogP contribution in [0, 0.1) is 10.8 Å². The number of carboxylic acid groups (broad SMARTS) is 1. The van der Waals surface area contributed by atoms with E-state index in [1.165, 1.54) is 12.3 Å². The van der Waals surface area contributed by atoms with Crippen LogP contribution >= 0.6 is 0 Å². The summed E-state index contributed by atoms with van der Waals surface area (Å²) in [6, 6.07) is 4.82. The fraction of sp³-hybridized carbons (Fsp3) is 0.455. The second-order valence-corrected chi connectivity index (χ2v) is 4.07. The third-order valence-corrected chi connectivity index (χ3v) is 2.30. The van der Waals surface area contributed by atoms with Gasteiger partial charge in [-0.15, -0.1) is 4.91 Å². The molecule has 0 saturated carbocycles. The maximum atomic E-state index is 11.3. The number of carbonyl (C=O) groups is 1. The Hall–Kier alpha value is -0.780. The number of pyridine rings is 1. The van der Waals surface area contributed by atoms with Crippen molar-refractivity contribution < 1.29 is 40.9 Å². The minimum atomic E-state index is -1.77. The quantitative estimate of drug-likeness (QED) is 0.550. The fourth-order valence-corrected chi connectivity index (χ4v) is 1.62. The molecule has 0 bridgehead atoms. The number of hydrogen-bond acceptors (Lipinski definition) is 4. The van der Waals surface area contributed by atoms with Crippen LogP contribution < -0.4 is 29.6 Å². The molecule has 0 amide bonds. The molecule has 1 rings (SSSR count). The Morgan fingerprint density at radius 3 is 2.59 bits per heavy atom. The Labute approximate surface area is 123 Å². The van der Waals surface area contributed by atoms with Crippen LogP contribution in [0.25, 0.3) is 0 Å². The Morgan fingerprint density at radius 2 is 2.24 bits per heavy atom. The second kappa shape index (κ2) is 6.83. The number of nitroso groups, excluding NO2 is 1. The van der Waals surface area contributed by atoms with Gasteiger partial charge >= 0.3 is 35.5 Å². The van der Waals surface area contributed by atoms with Crippen molar-refractivity contribution in [2.24, 2.45) is 11.1 Å². The van der Waals surface area contributed by atoms with Crippen LogP contribution in [0.5, 0.6) is 0 Å². The average molecular weight is 246 g/mol. The predicted molar refractivity (Wildman–Crippen MR) is 59.9 cm³/mol. The second-order valence-electron chi connectivity index (χ2n) is 4.07. The molecule has 1 atom stereocenters. The molecule has 5 nitrogen and oxygen atoms in total. The minimum absolute atomic E-state index is 0. The van der Waals surface area contributed by atoms with E-state index in [4.69, 9.17) is 0 Å². The number of carboxylic acids is 1. The molecule has 0 aromatic carbocycles. The summed E-state index contributed by atoms with van der Waals surface area (Å²) in [5, 5.41) is 12.0. The SMILES string of the molecule is CC(C)CC(N=O)(C(=O)O)c1ccccn1.[H-].[Na+]. The molecule has 1 heterocycles. The van der Waals surface area contributed by atoms with Gasteiger partial charge in [-0.1, -0.05) is 19.9 Å². The van der Waals surface area contributed by atoms with Gasteiger partial charge in [0, 0.05) is 6.20 Å². The van der Waals surface area contributed by atoms with Crippen molar-refractivity contribution in [1.82, 2.24) is 4.98 Å². The van der Waals surface area contributed by atoms with Gasteiger partial charge in [0.2, 0.25) is 5.54 Å². The monoisotopic (exact) mass is 246 g/mol. The molecule has 0 saturated heterocycles. The zero-order chi connectivity index (χ0) is 12.2. The molecule has 0 aliphatic rings. The van der Waals surface area contributed by atoms with Crippen molar-refractivity contribution in [3.05, 3.63) is 35.0 Å². The molecule has 0 aliphatic carbocycles. The Bertz CT molecular complexity index is 389. The number of aromatic nitrogens is 1. The van der Waals surface area contributed by atoms with Crippen LogP contribution in [0.15, 0.2) is 29.6 Å². The van der Waals surface area contributed by atoms with Crippen molar-refractivity contribution in [3.8, 4) is 0 Å². The van der Waals surface area contributed by atoms with E-state index in [-0.39, 0.29) is 49.0 Å². The number of rotatable bonds is 5. The summed E-state index contributed by atoms with van der Waals surface area (Å²) in [6.45, 7) is 3.68. The summed E-state index contributed by atoms with van der Waals surface area (Å²) in [4.78, 5) is 26.1. The maximum absolute atomic E-state index is 11.3. The zero-order valence-electron chi connectivity index (χ0n) is 11.3. The zero-order valence-corrected chi connectivity index (χ0v) is 12.3. The van der Waals surface area contributed by atoms with Gasteiger partial charge in [0.1, 0.15) is 0 Å². The first-order chi connectivity index (χ1) is 7.53. The van der Waals surface area contributed by atoms with Gasteiger partial charge in [-0.05, 0) is 29.6 Å². The third-order valence-electron chi connectivity index (χ3n) is 2.30. The van der Waals surface area contributed by atoms with Crippen LogP contribution in [-0.4, -0.2) is 16.1 Å². The molecule has 6 heteroatoms. The smallest absolute Gasteiger partial charge is 1.00 e. The number of nitrogens with zero attached hydrogens (tertiary/aromatic N) is 2. The molecule has 0 aliphatic heterocycles. The number of hydrogen-bond donors (Lipinski definition) is 1. The Morgan fingerprint density at radius 1 is 1.59 bits per heavy atom. The van der Waals surface area contributed by atoms with Crippen molar-refractivity contribution in [2.45, 2.75) is 25.8 Å². The molecule has 17 heavy (non-hydrogen) atoms. The first-order valence-electron chi connectivity index (χ1n) is 5.02. The van der Waals surface area contributed by atoms with E-state index in [1.54, 1.807) is 12.1 Å². The van der Waals surface area contributed by atoms with Crippen molar-refractivity contribution >= 4 is 5.97 Å². The third kappa shape index (κ3) is 3.59. The molecule has 0 fully saturated rings. The summed E-state index contributed by atoms with van der Waals surface area (Å²) in [6.07, 6.45) is 1.60. The average Bonchev–Trinajstić information content (AvgIpc) is 2.26. The van der Waals surface area contributed by atoms with Gasteiger partial charge in [-0.2, -0.15) is 0 Å². The Kier molecular flexibility index (Phi) is 6.52. The molecule has 1 unspecified atom stereocenters. The minimum Gasteiger partial charge on any atom is -1.00 e. The van der Waals surface area contributed by atoms with Gasteiger partial charge in [-0.3, -0.25) is 4.98 Å². The maximum Gasteiger partial charge on any atom is 1.00 e. The summed E-state index contributed by atoms with van der Waals surface area (Å²) in [7, 11) is 0. The van der Waals surface area contributed by atoms with E-state index >= 15 is 0 Å². The van der Waals surface area contributed by atoms with E-state index in [0.717, 1.165) is 0 Å². The summed E-state index contributed by atoms with van der Waals surface area (Å²) < 4.78 is 0. The van der Waals surface area contributed by atoms with Gasteiger partial charge in [0.25, 0.3) is 0 Å². The van der Waals surface area contributed by atoms with E-state index in [1.807, 2.05) is 13.8 Å². The predicted octanol–water partition coefficient (Wildman–Crippen LogP) is -0.709. The van der Waals surface area contributed by atoms with Crippen molar-refractivity contribution in [3.63, 3.8) is 0 Å². The largest absolute Gasteiger partial charge is 1.00 e. The normalized spacial score (nSPS) is 13.6. The Balaban J connectivity index is 0. The van der Waals surface area contributed by atoms with Crippen molar-refractivity contribution in [2.75, 3.05) is 0 Å². The summed E-state index contributed by atoms with van der Waals surface area (Å²) >= 11 is 0. The molecule has 1 aromatic heterocycles. The van der Waals surface area contributed by atoms with Crippen LogP contribution in [0.1, 0.15) is 27.4 Å². The summed E-state index contributed by atoms with van der Waals surface area (Å²) in [5.41, 5.74) is -1.58. The van der Waals surface area contributed by atoms with Gasteiger partial charge in [0.05, 0.1) is 5.69 Å². The molecular formula is C11H15N2NaO3. The van der Waals surface area contributed by atoms with Gasteiger partial charge in [0.15, 0.2) is 0 Å². The van der Waals surface area contributed by atoms with Crippen LogP contribution in [0.4, 0.5) is 0 Å². The van der Waals surface area contributed by atoms with E-state index in [2.05, 4.69) is 10.2 Å². The van der Waals surface area contributed by atoms with Crippen LogP contribution in [0.3, 0.4) is 0 Å². The first kappa shape index (κ1) is 16.2. The molecule has 0 spiro atoms. The van der Waals surface area contributed by atoms with Crippen LogP contribution in [0.2, 0.25) is 0 Å².